The lowest BCUT2D eigenvalue weighted by molar-refractivity contribution is -0.143. The summed E-state index contributed by atoms with van der Waals surface area (Å²) in [6.45, 7) is 5.78. The lowest BCUT2D eigenvalue weighted by Gasteiger charge is -2.34. The lowest BCUT2D eigenvalue weighted by atomic mass is 9.95. The van der Waals surface area contributed by atoms with E-state index in [1.54, 1.807) is 12.1 Å². The second-order valence-electron chi connectivity index (χ2n) is 6.09. The van der Waals surface area contributed by atoms with Crippen LogP contribution in [-0.4, -0.2) is 47.5 Å². The van der Waals surface area contributed by atoms with Gasteiger partial charge in [0.1, 0.15) is 5.75 Å². The predicted octanol–water partition coefficient (Wildman–Crippen LogP) is 2.84. The molecule has 2 unspecified atom stereocenters. The Morgan fingerprint density at radius 1 is 1.35 bits per heavy atom. The molecule has 1 aliphatic rings. The van der Waals surface area contributed by atoms with Gasteiger partial charge in [-0.3, -0.25) is 14.5 Å². The number of rotatable bonds is 7. The van der Waals surface area contributed by atoms with Gasteiger partial charge in [-0.15, -0.1) is 0 Å². The minimum Gasteiger partial charge on any atom is -0.494 e. The summed E-state index contributed by atoms with van der Waals surface area (Å²) in [4.78, 5) is 25.8. The Kier molecular flexibility index (Phi) is 6.16. The van der Waals surface area contributed by atoms with Crippen LogP contribution in [0.25, 0.3) is 0 Å². The predicted molar refractivity (Wildman–Crippen MR) is 88.0 cm³/mol. The number of carboxylic acids is 1. The third kappa shape index (κ3) is 4.55. The molecule has 0 aromatic heterocycles. The highest BCUT2D eigenvalue weighted by Crippen LogP contribution is 2.21. The normalized spacial score (nSPS) is 20.0. The zero-order valence-corrected chi connectivity index (χ0v) is 13.8. The SMILES string of the molecule is CCCOc1ccc(C(=O)C(C)N2CCCC(C(=O)O)C2)cc1. The molecule has 2 rings (SSSR count). The van der Waals surface area contributed by atoms with Crippen LogP contribution < -0.4 is 4.74 Å². The quantitative estimate of drug-likeness (QED) is 0.783. The van der Waals surface area contributed by atoms with Crippen molar-refractivity contribution in [2.45, 2.75) is 39.2 Å². The molecule has 0 aliphatic carbocycles. The topological polar surface area (TPSA) is 66.8 Å². The van der Waals surface area contributed by atoms with E-state index in [-0.39, 0.29) is 17.7 Å². The maximum absolute atomic E-state index is 12.6. The highest BCUT2D eigenvalue weighted by molar-refractivity contribution is 6.00. The van der Waals surface area contributed by atoms with Gasteiger partial charge in [0.05, 0.1) is 18.6 Å². The van der Waals surface area contributed by atoms with Gasteiger partial charge in [0.25, 0.3) is 0 Å². The molecular formula is C18H25NO4. The van der Waals surface area contributed by atoms with E-state index >= 15 is 0 Å². The maximum Gasteiger partial charge on any atom is 0.307 e. The highest BCUT2D eigenvalue weighted by atomic mass is 16.5. The number of benzene rings is 1. The molecule has 5 nitrogen and oxygen atoms in total. The van der Waals surface area contributed by atoms with E-state index in [0.717, 1.165) is 25.1 Å². The molecule has 0 bridgehead atoms. The fraction of sp³-hybridized carbons (Fsp3) is 0.556. The maximum atomic E-state index is 12.6. The van der Waals surface area contributed by atoms with Gasteiger partial charge in [0.2, 0.25) is 0 Å². The third-order valence-electron chi connectivity index (χ3n) is 4.34. The summed E-state index contributed by atoms with van der Waals surface area (Å²) in [7, 11) is 0. The van der Waals surface area contributed by atoms with Crippen LogP contribution in [0.2, 0.25) is 0 Å². The van der Waals surface area contributed by atoms with Crippen molar-refractivity contribution in [2.75, 3.05) is 19.7 Å². The van der Waals surface area contributed by atoms with Crippen LogP contribution in [-0.2, 0) is 4.79 Å². The minimum atomic E-state index is -0.772. The Morgan fingerprint density at radius 2 is 2.04 bits per heavy atom. The zero-order chi connectivity index (χ0) is 16.8. The first-order chi connectivity index (χ1) is 11.0. The van der Waals surface area contributed by atoms with Crippen molar-refractivity contribution in [3.05, 3.63) is 29.8 Å². The van der Waals surface area contributed by atoms with Gasteiger partial charge in [-0.2, -0.15) is 0 Å². The summed E-state index contributed by atoms with van der Waals surface area (Å²) in [5.41, 5.74) is 0.638. The molecule has 1 aliphatic heterocycles. The summed E-state index contributed by atoms with van der Waals surface area (Å²) in [5.74, 6) is -0.353. The van der Waals surface area contributed by atoms with Crippen molar-refractivity contribution in [3.8, 4) is 5.75 Å². The van der Waals surface area contributed by atoms with Crippen LogP contribution in [0.4, 0.5) is 0 Å². The number of carboxylic acid groups (broad SMARTS) is 1. The first-order valence-corrected chi connectivity index (χ1v) is 8.26. The molecule has 2 atom stereocenters. The minimum absolute atomic E-state index is 0.0260. The molecule has 1 saturated heterocycles. The molecule has 0 spiro atoms. The number of hydrogen-bond acceptors (Lipinski definition) is 4. The summed E-state index contributed by atoms with van der Waals surface area (Å²) >= 11 is 0. The van der Waals surface area contributed by atoms with Gasteiger partial charge >= 0.3 is 5.97 Å². The van der Waals surface area contributed by atoms with Crippen LogP contribution in [0.1, 0.15) is 43.5 Å². The van der Waals surface area contributed by atoms with Crippen LogP contribution in [0, 0.1) is 5.92 Å². The number of ketones is 1. The molecule has 5 heteroatoms. The Hall–Kier alpha value is -1.88. The highest BCUT2D eigenvalue weighted by Gasteiger charge is 2.30. The van der Waals surface area contributed by atoms with E-state index in [1.807, 2.05) is 30.9 Å². The van der Waals surface area contributed by atoms with Gasteiger partial charge in [0, 0.05) is 12.1 Å². The first-order valence-electron chi connectivity index (χ1n) is 8.26. The average molecular weight is 319 g/mol. The number of aliphatic carboxylic acids is 1. The van der Waals surface area contributed by atoms with Gasteiger partial charge in [-0.1, -0.05) is 6.92 Å². The van der Waals surface area contributed by atoms with E-state index in [1.165, 1.54) is 0 Å². The molecule has 23 heavy (non-hydrogen) atoms. The Morgan fingerprint density at radius 3 is 2.65 bits per heavy atom. The Bertz CT molecular complexity index is 540. The Labute approximate surface area is 137 Å². The molecule has 1 N–H and O–H groups in total. The number of likely N-dealkylation sites (tertiary alicyclic amines) is 1. The number of hydrogen-bond donors (Lipinski definition) is 1. The molecule has 1 heterocycles. The van der Waals surface area contributed by atoms with E-state index in [9.17, 15) is 9.59 Å². The van der Waals surface area contributed by atoms with Crippen LogP contribution in [0.15, 0.2) is 24.3 Å². The number of nitrogens with zero attached hydrogens (tertiary/aromatic N) is 1. The molecule has 126 valence electrons. The number of carbonyl (C=O) groups excluding carboxylic acids is 1. The van der Waals surface area contributed by atoms with Gasteiger partial charge in [-0.05, 0) is 57.0 Å². The average Bonchev–Trinajstić information content (AvgIpc) is 2.59. The largest absolute Gasteiger partial charge is 0.494 e. The standard InChI is InChI=1S/C18H25NO4/c1-3-11-23-16-8-6-14(7-9-16)17(20)13(2)19-10-4-5-15(12-19)18(21)22/h6-9,13,15H,3-5,10-12H2,1-2H3,(H,21,22). The summed E-state index contributed by atoms with van der Waals surface area (Å²) < 4.78 is 5.52. The van der Waals surface area contributed by atoms with E-state index in [0.29, 0.717) is 25.1 Å². The van der Waals surface area contributed by atoms with Crippen molar-refractivity contribution in [1.29, 1.82) is 0 Å². The Balaban J connectivity index is 1.99. The van der Waals surface area contributed by atoms with E-state index in [4.69, 9.17) is 9.84 Å². The molecule has 0 radical (unpaired) electrons. The summed E-state index contributed by atoms with van der Waals surface area (Å²) in [6, 6.07) is 6.88. The monoisotopic (exact) mass is 319 g/mol. The number of Topliss-reactive ketones (excluding diaryl/α,β-unsaturated/α-hetero) is 1. The fourth-order valence-electron chi connectivity index (χ4n) is 2.90. The number of piperidine rings is 1. The van der Waals surface area contributed by atoms with Crippen LogP contribution in [0.5, 0.6) is 5.75 Å². The molecule has 0 saturated carbocycles. The fourth-order valence-corrected chi connectivity index (χ4v) is 2.90. The number of carbonyl (C=O) groups is 2. The van der Waals surface area contributed by atoms with Crippen molar-refractivity contribution >= 4 is 11.8 Å². The number of ether oxygens (including phenoxy) is 1. The summed E-state index contributed by atoms with van der Waals surface area (Å²) in [5, 5.41) is 9.17. The van der Waals surface area contributed by atoms with E-state index < -0.39 is 5.97 Å². The molecular weight excluding hydrogens is 294 g/mol. The lowest BCUT2D eigenvalue weighted by Crippen LogP contribution is -2.46. The van der Waals surface area contributed by atoms with Crippen molar-refractivity contribution in [3.63, 3.8) is 0 Å². The molecule has 1 aromatic rings. The first kappa shape index (κ1) is 17.5. The van der Waals surface area contributed by atoms with Crippen molar-refractivity contribution in [2.24, 2.45) is 5.92 Å². The van der Waals surface area contributed by atoms with Gasteiger partial charge in [-0.25, -0.2) is 0 Å². The molecule has 0 amide bonds. The third-order valence-corrected chi connectivity index (χ3v) is 4.34. The van der Waals surface area contributed by atoms with Gasteiger partial charge in [0.15, 0.2) is 5.78 Å². The molecule has 1 aromatic carbocycles. The zero-order valence-electron chi connectivity index (χ0n) is 13.8. The van der Waals surface area contributed by atoms with Crippen molar-refractivity contribution < 1.29 is 19.4 Å². The van der Waals surface area contributed by atoms with Crippen molar-refractivity contribution in [1.82, 2.24) is 4.90 Å². The second-order valence-corrected chi connectivity index (χ2v) is 6.09. The smallest absolute Gasteiger partial charge is 0.307 e. The van der Waals surface area contributed by atoms with Crippen LogP contribution in [0.3, 0.4) is 0 Å². The summed E-state index contributed by atoms with van der Waals surface area (Å²) in [6.07, 6.45) is 2.45. The van der Waals surface area contributed by atoms with E-state index in [2.05, 4.69) is 0 Å². The molecule has 1 fully saturated rings. The van der Waals surface area contributed by atoms with Crippen LogP contribution >= 0.6 is 0 Å². The van der Waals surface area contributed by atoms with Gasteiger partial charge < -0.3 is 9.84 Å². The second kappa shape index (κ2) is 8.11.